The van der Waals surface area contributed by atoms with Crippen molar-refractivity contribution in [3.8, 4) is 0 Å². The van der Waals surface area contributed by atoms with Gasteiger partial charge in [-0.15, -0.1) is 0 Å². The number of amides is 1. The Bertz CT molecular complexity index is 240. The minimum absolute atomic E-state index is 0.125. The molecule has 1 unspecified atom stereocenters. The molecule has 1 amide bonds. The van der Waals surface area contributed by atoms with Crippen LogP contribution in [0.25, 0.3) is 0 Å². The van der Waals surface area contributed by atoms with E-state index in [0.29, 0.717) is 12.6 Å². The van der Waals surface area contributed by atoms with Crippen LogP contribution in [-0.2, 0) is 9.53 Å². The second-order valence-electron chi connectivity index (χ2n) is 5.49. The van der Waals surface area contributed by atoms with Gasteiger partial charge in [0.1, 0.15) is 0 Å². The summed E-state index contributed by atoms with van der Waals surface area (Å²) in [4.78, 5) is 12.0. The lowest BCUT2D eigenvalue weighted by atomic mass is 9.95. The fraction of sp³-hybridized carbons (Fsp3) is 0.933. The van der Waals surface area contributed by atoms with Gasteiger partial charge in [-0.1, -0.05) is 32.6 Å². The summed E-state index contributed by atoms with van der Waals surface area (Å²) in [5, 5.41) is 6.35. The Morgan fingerprint density at radius 1 is 1.26 bits per heavy atom. The molecule has 1 rings (SSSR count). The Hall–Kier alpha value is -0.610. The Kier molecular flexibility index (Phi) is 8.84. The Balaban J connectivity index is 2.04. The van der Waals surface area contributed by atoms with E-state index in [-0.39, 0.29) is 11.9 Å². The average molecular weight is 270 g/mol. The van der Waals surface area contributed by atoms with Gasteiger partial charge in [-0.3, -0.25) is 4.79 Å². The lowest BCUT2D eigenvalue weighted by Gasteiger charge is -2.24. The van der Waals surface area contributed by atoms with Gasteiger partial charge in [0.2, 0.25) is 5.91 Å². The molecule has 1 aliphatic carbocycles. The van der Waals surface area contributed by atoms with Crippen LogP contribution in [0.2, 0.25) is 0 Å². The highest BCUT2D eigenvalue weighted by Gasteiger charge is 2.18. The van der Waals surface area contributed by atoms with Crippen LogP contribution in [0.3, 0.4) is 0 Å². The zero-order chi connectivity index (χ0) is 13.9. The maximum atomic E-state index is 12.0. The largest absolute Gasteiger partial charge is 0.380 e. The molecule has 4 nitrogen and oxygen atoms in total. The Morgan fingerprint density at radius 3 is 2.68 bits per heavy atom. The van der Waals surface area contributed by atoms with Gasteiger partial charge in [-0.25, -0.2) is 0 Å². The van der Waals surface area contributed by atoms with Crippen molar-refractivity contribution in [1.29, 1.82) is 0 Å². The summed E-state index contributed by atoms with van der Waals surface area (Å²) in [5.41, 5.74) is 0. The quantitative estimate of drug-likeness (QED) is 0.632. The SMILES string of the molecule is CCCCOCCNC(C)C(=O)NC1CCCCC1. The number of carbonyl (C=O) groups excluding carboxylic acids is 1. The number of unbranched alkanes of at least 4 members (excludes halogenated alkanes) is 1. The summed E-state index contributed by atoms with van der Waals surface area (Å²) >= 11 is 0. The molecular formula is C15H30N2O2. The van der Waals surface area contributed by atoms with Gasteiger partial charge < -0.3 is 15.4 Å². The van der Waals surface area contributed by atoms with E-state index in [4.69, 9.17) is 4.74 Å². The third kappa shape index (κ3) is 7.53. The summed E-state index contributed by atoms with van der Waals surface area (Å²) in [6.07, 6.45) is 8.36. The van der Waals surface area contributed by atoms with Crippen LogP contribution in [0, 0.1) is 0 Å². The molecule has 0 aromatic heterocycles. The molecule has 0 aliphatic heterocycles. The lowest BCUT2D eigenvalue weighted by Crippen LogP contribution is -2.47. The molecule has 1 saturated carbocycles. The summed E-state index contributed by atoms with van der Waals surface area (Å²) in [5.74, 6) is 0.125. The first-order valence-corrected chi connectivity index (χ1v) is 7.85. The van der Waals surface area contributed by atoms with Crippen molar-refractivity contribution in [3.05, 3.63) is 0 Å². The Morgan fingerprint density at radius 2 is 2.00 bits per heavy atom. The molecule has 0 bridgehead atoms. The summed E-state index contributed by atoms with van der Waals surface area (Å²) in [6, 6.07) is 0.267. The van der Waals surface area contributed by atoms with Gasteiger partial charge in [0, 0.05) is 19.2 Å². The van der Waals surface area contributed by atoms with Gasteiger partial charge in [-0.2, -0.15) is 0 Å². The topological polar surface area (TPSA) is 50.4 Å². The monoisotopic (exact) mass is 270 g/mol. The van der Waals surface area contributed by atoms with E-state index in [1.54, 1.807) is 0 Å². The van der Waals surface area contributed by atoms with Crippen LogP contribution in [0.1, 0.15) is 58.8 Å². The van der Waals surface area contributed by atoms with E-state index in [1.165, 1.54) is 19.3 Å². The van der Waals surface area contributed by atoms with Crippen LogP contribution in [0.5, 0.6) is 0 Å². The first kappa shape index (κ1) is 16.4. The van der Waals surface area contributed by atoms with E-state index >= 15 is 0 Å². The minimum atomic E-state index is -0.128. The smallest absolute Gasteiger partial charge is 0.237 e. The average Bonchev–Trinajstić information content (AvgIpc) is 2.43. The molecule has 4 heteroatoms. The van der Waals surface area contributed by atoms with E-state index < -0.39 is 0 Å². The van der Waals surface area contributed by atoms with Gasteiger partial charge in [0.15, 0.2) is 0 Å². The predicted octanol–water partition coefficient (Wildman–Crippen LogP) is 2.23. The molecule has 0 aromatic carbocycles. The van der Waals surface area contributed by atoms with Crippen molar-refractivity contribution in [2.24, 2.45) is 0 Å². The van der Waals surface area contributed by atoms with Gasteiger partial charge >= 0.3 is 0 Å². The number of carbonyl (C=O) groups is 1. The molecule has 1 fully saturated rings. The zero-order valence-corrected chi connectivity index (χ0v) is 12.5. The zero-order valence-electron chi connectivity index (χ0n) is 12.5. The molecule has 1 aliphatic rings. The van der Waals surface area contributed by atoms with Crippen molar-refractivity contribution in [3.63, 3.8) is 0 Å². The van der Waals surface area contributed by atoms with Crippen molar-refractivity contribution < 1.29 is 9.53 Å². The van der Waals surface area contributed by atoms with Gasteiger partial charge in [-0.05, 0) is 26.2 Å². The first-order valence-electron chi connectivity index (χ1n) is 7.85. The molecule has 1 atom stereocenters. The van der Waals surface area contributed by atoms with Crippen molar-refractivity contribution in [1.82, 2.24) is 10.6 Å². The number of ether oxygens (including phenoxy) is 1. The fourth-order valence-corrected chi connectivity index (χ4v) is 2.36. The van der Waals surface area contributed by atoms with Crippen molar-refractivity contribution in [2.75, 3.05) is 19.8 Å². The van der Waals surface area contributed by atoms with Crippen LogP contribution in [0.15, 0.2) is 0 Å². The van der Waals surface area contributed by atoms with E-state index in [9.17, 15) is 4.79 Å². The lowest BCUT2D eigenvalue weighted by molar-refractivity contribution is -0.123. The molecule has 0 radical (unpaired) electrons. The number of nitrogens with one attached hydrogen (secondary N) is 2. The van der Waals surface area contributed by atoms with E-state index in [2.05, 4.69) is 17.6 Å². The van der Waals surface area contributed by atoms with Gasteiger partial charge in [0.05, 0.1) is 12.6 Å². The normalized spacial score (nSPS) is 18.2. The van der Waals surface area contributed by atoms with Crippen LogP contribution >= 0.6 is 0 Å². The molecule has 112 valence electrons. The fourth-order valence-electron chi connectivity index (χ4n) is 2.36. The van der Waals surface area contributed by atoms with Crippen LogP contribution in [0.4, 0.5) is 0 Å². The highest BCUT2D eigenvalue weighted by atomic mass is 16.5. The van der Waals surface area contributed by atoms with Crippen LogP contribution < -0.4 is 10.6 Å². The number of rotatable bonds is 9. The third-order valence-electron chi connectivity index (χ3n) is 3.68. The second-order valence-corrected chi connectivity index (χ2v) is 5.49. The third-order valence-corrected chi connectivity index (χ3v) is 3.68. The maximum Gasteiger partial charge on any atom is 0.237 e. The van der Waals surface area contributed by atoms with Crippen molar-refractivity contribution >= 4 is 5.91 Å². The highest BCUT2D eigenvalue weighted by molar-refractivity contribution is 5.81. The molecule has 19 heavy (non-hydrogen) atoms. The summed E-state index contributed by atoms with van der Waals surface area (Å²) in [7, 11) is 0. The number of hydrogen-bond acceptors (Lipinski definition) is 3. The Labute approximate surface area is 117 Å². The van der Waals surface area contributed by atoms with Gasteiger partial charge in [0.25, 0.3) is 0 Å². The highest BCUT2D eigenvalue weighted by Crippen LogP contribution is 2.17. The molecular weight excluding hydrogens is 240 g/mol. The second kappa shape index (κ2) is 10.2. The maximum absolute atomic E-state index is 12.0. The number of hydrogen-bond donors (Lipinski definition) is 2. The summed E-state index contributed by atoms with van der Waals surface area (Å²) in [6.45, 7) is 6.31. The van der Waals surface area contributed by atoms with Crippen molar-refractivity contribution in [2.45, 2.75) is 70.9 Å². The molecule has 0 aromatic rings. The summed E-state index contributed by atoms with van der Waals surface area (Å²) < 4.78 is 5.46. The molecule has 0 heterocycles. The van der Waals surface area contributed by atoms with E-state index in [1.807, 2.05) is 6.92 Å². The van der Waals surface area contributed by atoms with Crippen LogP contribution in [-0.4, -0.2) is 37.7 Å². The molecule has 2 N–H and O–H groups in total. The molecule has 0 spiro atoms. The minimum Gasteiger partial charge on any atom is -0.380 e. The first-order chi connectivity index (χ1) is 9.24. The molecule has 0 saturated heterocycles. The standard InChI is InChI=1S/C15H30N2O2/c1-3-4-11-19-12-10-16-13(2)15(18)17-14-8-6-5-7-9-14/h13-14,16H,3-12H2,1-2H3,(H,17,18). The predicted molar refractivity (Wildman–Crippen MR) is 78.2 cm³/mol. The van der Waals surface area contributed by atoms with E-state index in [0.717, 1.165) is 38.8 Å².